The van der Waals surface area contributed by atoms with Crippen LogP contribution in [0.2, 0.25) is 0 Å². The van der Waals surface area contributed by atoms with Crippen molar-refractivity contribution >= 4 is 22.7 Å². The maximum absolute atomic E-state index is 4.23. The highest BCUT2D eigenvalue weighted by molar-refractivity contribution is 7.09. The molecular weight excluding hydrogens is 220 g/mol. The van der Waals surface area contributed by atoms with Gasteiger partial charge in [-0.2, -0.15) is 0 Å². The fourth-order valence-corrected chi connectivity index (χ4v) is 1.98. The Balaban J connectivity index is 2.09. The minimum absolute atomic E-state index is 0.740. The van der Waals surface area contributed by atoms with Gasteiger partial charge in [-0.25, -0.2) is 4.98 Å². The number of nitrogens with zero attached hydrogens (tertiary/aromatic N) is 3. The van der Waals surface area contributed by atoms with E-state index in [0.29, 0.717) is 0 Å². The molecule has 0 fully saturated rings. The van der Waals surface area contributed by atoms with E-state index in [1.165, 1.54) is 0 Å². The quantitative estimate of drug-likeness (QED) is 0.880. The molecule has 0 saturated heterocycles. The Morgan fingerprint density at radius 2 is 2.25 bits per heavy atom. The van der Waals surface area contributed by atoms with E-state index >= 15 is 0 Å². The number of thiazole rings is 1. The first-order chi connectivity index (χ1) is 7.77. The molecule has 2 rings (SSSR count). The predicted octanol–water partition coefficient (Wildman–Crippen LogP) is 2.22. The van der Waals surface area contributed by atoms with Crippen molar-refractivity contribution < 1.29 is 0 Å². The number of nitrogens with one attached hydrogen (secondary N) is 1. The van der Waals surface area contributed by atoms with E-state index in [2.05, 4.69) is 20.2 Å². The third-order valence-corrected chi connectivity index (χ3v) is 2.97. The topological polar surface area (TPSA) is 41.1 Å². The van der Waals surface area contributed by atoms with Crippen molar-refractivity contribution in [2.75, 3.05) is 24.3 Å². The molecule has 84 valence electrons. The van der Waals surface area contributed by atoms with E-state index in [0.717, 1.165) is 22.9 Å². The Hall–Kier alpha value is -1.62. The first-order valence-corrected chi connectivity index (χ1v) is 5.89. The number of aromatic nitrogens is 2. The molecule has 0 aliphatic carbocycles. The largest absolute Gasteiger partial charge is 0.376 e. The van der Waals surface area contributed by atoms with Gasteiger partial charge in [0.05, 0.1) is 24.1 Å². The van der Waals surface area contributed by atoms with Gasteiger partial charge in [0.25, 0.3) is 0 Å². The zero-order valence-corrected chi connectivity index (χ0v) is 10.2. The zero-order chi connectivity index (χ0) is 11.4. The van der Waals surface area contributed by atoms with Gasteiger partial charge in [-0.05, 0) is 6.07 Å². The lowest BCUT2D eigenvalue weighted by molar-refractivity contribution is 1.07. The van der Waals surface area contributed by atoms with E-state index in [9.17, 15) is 0 Å². The van der Waals surface area contributed by atoms with E-state index in [1.807, 2.05) is 37.9 Å². The van der Waals surface area contributed by atoms with Crippen LogP contribution in [0.4, 0.5) is 11.4 Å². The molecule has 0 aromatic carbocycles. The van der Waals surface area contributed by atoms with E-state index in [1.54, 1.807) is 17.5 Å². The van der Waals surface area contributed by atoms with E-state index in [4.69, 9.17) is 0 Å². The van der Waals surface area contributed by atoms with Crippen molar-refractivity contribution in [3.63, 3.8) is 0 Å². The lowest BCUT2D eigenvalue weighted by Crippen LogP contribution is -2.12. The summed E-state index contributed by atoms with van der Waals surface area (Å²) in [4.78, 5) is 10.4. The molecule has 4 nitrogen and oxygen atoms in total. The van der Waals surface area contributed by atoms with Gasteiger partial charge in [0, 0.05) is 31.9 Å². The number of pyridine rings is 1. The Morgan fingerprint density at radius 3 is 2.94 bits per heavy atom. The monoisotopic (exact) mass is 234 g/mol. The summed E-state index contributed by atoms with van der Waals surface area (Å²) in [6.45, 7) is 0.740. The second-order valence-electron chi connectivity index (χ2n) is 3.57. The maximum Gasteiger partial charge on any atom is 0.112 e. The summed E-state index contributed by atoms with van der Waals surface area (Å²) in [7, 11) is 4.04. The van der Waals surface area contributed by atoms with Crippen molar-refractivity contribution in [2.45, 2.75) is 6.54 Å². The number of hydrogen-bond acceptors (Lipinski definition) is 5. The standard InChI is InChI=1S/C11H14N4S/c1-15(2)10-3-4-12-7-9(10)14-8-11-13-5-6-16-11/h3-7,14H,8H2,1-2H3. The van der Waals surface area contributed by atoms with Crippen molar-refractivity contribution in [2.24, 2.45) is 0 Å². The third-order valence-electron chi connectivity index (χ3n) is 2.19. The van der Waals surface area contributed by atoms with Crippen LogP contribution in [-0.2, 0) is 6.54 Å². The predicted molar refractivity (Wildman–Crippen MR) is 68.0 cm³/mol. The minimum atomic E-state index is 0.740. The first kappa shape index (κ1) is 10.9. The minimum Gasteiger partial charge on any atom is -0.376 e. The van der Waals surface area contributed by atoms with Crippen LogP contribution in [0.15, 0.2) is 30.0 Å². The SMILES string of the molecule is CN(C)c1ccncc1NCc1nccs1. The van der Waals surface area contributed by atoms with Crippen molar-refractivity contribution in [1.29, 1.82) is 0 Å². The van der Waals surface area contributed by atoms with Crippen LogP contribution in [0.5, 0.6) is 0 Å². The molecule has 0 unspecified atom stereocenters. The molecule has 16 heavy (non-hydrogen) atoms. The van der Waals surface area contributed by atoms with Crippen LogP contribution >= 0.6 is 11.3 Å². The van der Waals surface area contributed by atoms with Crippen LogP contribution in [-0.4, -0.2) is 24.1 Å². The molecule has 0 amide bonds. The first-order valence-electron chi connectivity index (χ1n) is 5.01. The summed E-state index contributed by atoms with van der Waals surface area (Å²) in [5.41, 5.74) is 2.16. The molecule has 2 aromatic heterocycles. The molecule has 0 bridgehead atoms. The van der Waals surface area contributed by atoms with Gasteiger partial charge in [-0.15, -0.1) is 11.3 Å². The van der Waals surface area contributed by atoms with Crippen LogP contribution in [0.3, 0.4) is 0 Å². The molecule has 0 saturated carbocycles. The number of anilines is 2. The maximum atomic E-state index is 4.23. The lowest BCUT2D eigenvalue weighted by atomic mass is 10.3. The molecule has 5 heteroatoms. The Labute approximate surface area is 99.0 Å². The highest BCUT2D eigenvalue weighted by Gasteiger charge is 2.04. The summed E-state index contributed by atoms with van der Waals surface area (Å²) in [6.07, 6.45) is 5.45. The molecule has 0 spiro atoms. The van der Waals surface area contributed by atoms with Gasteiger partial charge in [-0.3, -0.25) is 4.98 Å². The third kappa shape index (κ3) is 2.49. The van der Waals surface area contributed by atoms with E-state index < -0.39 is 0 Å². The van der Waals surface area contributed by atoms with Crippen molar-refractivity contribution in [3.05, 3.63) is 35.0 Å². The van der Waals surface area contributed by atoms with E-state index in [-0.39, 0.29) is 0 Å². The van der Waals surface area contributed by atoms with Gasteiger partial charge in [-0.1, -0.05) is 0 Å². The fourth-order valence-electron chi connectivity index (χ4n) is 1.42. The molecule has 0 aliphatic heterocycles. The highest BCUT2D eigenvalue weighted by Crippen LogP contribution is 2.22. The summed E-state index contributed by atoms with van der Waals surface area (Å²) < 4.78 is 0. The molecule has 0 aliphatic rings. The molecular formula is C11H14N4S. The van der Waals surface area contributed by atoms with Gasteiger partial charge in [0.1, 0.15) is 5.01 Å². The molecule has 2 heterocycles. The molecule has 0 radical (unpaired) electrons. The van der Waals surface area contributed by atoms with Crippen LogP contribution in [0, 0.1) is 0 Å². The van der Waals surface area contributed by atoms with Gasteiger partial charge in [0.2, 0.25) is 0 Å². The average Bonchev–Trinajstić information content (AvgIpc) is 2.79. The Bertz CT molecular complexity index is 439. The fraction of sp³-hybridized carbons (Fsp3) is 0.273. The summed E-state index contributed by atoms with van der Waals surface area (Å²) in [5, 5.41) is 6.40. The van der Waals surface area contributed by atoms with Gasteiger partial charge < -0.3 is 10.2 Å². The lowest BCUT2D eigenvalue weighted by Gasteiger charge is -2.17. The summed E-state index contributed by atoms with van der Waals surface area (Å²) in [5.74, 6) is 0. The molecule has 1 N–H and O–H groups in total. The second-order valence-corrected chi connectivity index (χ2v) is 4.55. The number of hydrogen-bond donors (Lipinski definition) is 1. The molecule has 2 aromatic rings. The summed E-state index contributed by atoms with van der Waals surface area (Å²) in [6, 6.07) is 1.99. The highest BCUT2D eigenvalue weighted by atomic mass is 32.1. The van der Waals surface area contributed by atoms with Gasteiger partial charge in [0.15, 0.2) is 0 Å². The Kier molecular flexibility index (Phi) is 3.36. The van der Waals surface area contributed by atoms with Crippen LogP contribution in [0.25, 0.3) is 0 Å². The van der Waals surface area contributed by atoms with Gasteiger partial charge >= 0.3 is 0 Å². The van der Waals surface area contributed by atoms with Crippen molar-refractivity contribution in [3.8, 4) is 0 Å². The van der Waals surface area contributed by atoms with Crippen LogP contribution < -0.4 is 10.2 Å². The summed E-state index contributed by atoms with van der Waals surface area (Å²) >= 11 is 1.65. The molecule has 0 atom stereocenters. The number of rotatable bonds is 4. The zero-order valence-electron chi connectivity index (χ0n) is 9.34. The average molecular weight is 234 g/mol. The second kappa shape index (κ2) is 4.94. The smallest absolute Gasteiger partial charge is 0.112 e. The van der Waals surface area contributed by atoms with Crippen LogP contribution in [0.1, 0.15) is 5.01 Å². The Morgan fingerprint density at radius 1 is 1.38 bits per heavy atom. The van der Waals surface area contributed by atoms with Crippen molar-refractivity contribution in [1.82, 2.24) is 9.97 Å². The normalized spacial score (nSPS) is 10.1.